The van der Waals surface area contributed by atoms with Crippen LogP contribution in [0.5, 0.6) is 0 Å². The molecule has 1 amide bonds. The highest BCUT2D eigenvalue weighted by Crippen LogP contribution is 2.25. The Hall–Kier alpha value is -4.46. The van der Waals surface area contributed by atoms with Crippen LogP contribution < -0.4 is 5.32 Å². The van der Waals surface area contributed by atoms with Crippen molar-refractivity contribution in [2.75, 3.05) is 5.32 Å². The zero-order chi connectivity index (χ0) is 20.9. The third kappa shape index (κ3) is 4.33. The molecular formula is C22H15N3O5. The van der Waals surface area contributed by atoms with Gasteiger partial charge < -0.3 is 14.2 Å². The van der Waals surface area contributed by atoms with Crippen LogP contribution in [0, 0.1) is 10.1 Å². The van der Waals surface area contributed by atoms with Gasteiger partial charge in [0.05, 0.1) is 23.1 Å². The normalized spacial score (nSPS) is 10.9. The lowest BCUT2D eigenvalue weighted by molar-refractivity contribution is -0.384. The van der Waals surface area contributed by atoms with Crippen LogP contribution in [0.3, 0.4) is 0 Å². The van der Waals surface area contributed by atoms with E-state index in [4.69, 9.17) is 8.83 Å². The zero-order valence-electron chi connectivity index (χ0n) is 15.5. The van der Waals surface area contributed by atoms with Crippen molar-refractivity contribution in [3.8, 4) is 11.3 Å². The maximum Gasteiger partial charge on any atom is 0.291 e. The van der Waals surface area contributed by atoms with E-state index in [2.05, 4.69) is 10.3 Å². The average Bonchev–Trinajstić information content (AvgIpc) is 3.46. The lowest BCUT2D eigenvalue weighted by Gasteiger charge is -2.03. The van der Waals surface area contributed by atoms with Crippen molar-refractivity contribution in [1.82, 2.24) is 0 Å². The molecule has 0 radical (unpaired) electrons. The van der Waals surface area contributed by atoms with Crippen LogP contribution in [0.1, 0.15) is 16.3 Å². The summed E-state index contributed by atoms with van der Waals surface area (Å²) in [4.78, 5) is 26.8. The monoisotopic (exact) mass is 401 g/mol. The largest absolute Gasteiger partial charge is 0.459 e. The number of non-ortho nitro benzene ring substituents is 1. The van der Waals surface area contributed by atoms with E-state index in [9.17, 15) is 14.9 Å². The van der Waals surface area contributed by atoms with Crippen LogP contribution in [0.4, 0.5) is 17.1 Å². The minimum Gasteiger partial charge on any atom is -0.459 e. The van der Waals surface area contributed by atoms with E-state index >= 15 is 0 Å². The molecule has 0 saturated carbocycles. The Labute approximate surface area is 170 Å². The standard InChI is InChI=1S/C22H15N3O5/c26-22(21-5-2-12-29-21)24-17-8-6-16(7-9-17)23-14-19-10-11-20(30-19)15-3-1-4-18(13-15)25(27)28/h1-14H,(H,24,26). The van der Waals surface area contributed by atoms with Crippen molar-refractivity contribution in [3.63, 3.8) is 0 Å². The van der Waals surface area contributed by atoms with E-state index in [0.29, 0.717) is 28.5 Å². The number of carbonyl (C=O) groups excluding carboxylic acids is 1. The minimum absolute atomic E-state index is 0.00153. The summed E-state index contributed by atoms with van der Waals surface area (Å²) in [6.07, 6.45) is 2.99. The Morgan fingerprint density at radius 3 is 2.60 bits per heavy atom. The van der Waals surface area contributed by atoms with Gasteiger partial charge in [0.25, 0.3) is 11.6 Å². The Bertz CT molecular complexity index is 1210. The summed E-state index contributed by atoms with van der Waals surface area (Å²) in [6.45, 7) is 0. The first-order chi connectivity index (χ1) is 14.6. The second-order valence-electron chi connectivity index (χ2n) is 6.25. The van der Waals surface area contributed by atoms with E-state index in [1.54, 1.807) is 66.9 Å². The van der Waals surface area contributed by atoms with Crippen LogP contribution in [0.15, 0.2) is 92.9 Å². The predicted octanol–water partition coefficient (Wildman–Crippen LogP) is 5.45. The van der Waals surface area contributed by atoms with Gasteiger partial charge in [-0.25, -0.2) is 0 Å². The van der Waals surface area contributed by atoms with Crippen molar-refractivity contribution in [3.05, 3.63) is 101 Å². The summed E-state index contributed by atoms with van der Waals surface area (Å²) >= 11 is 0. The first-order valence-electron chi connectivity index (χ1n) is 8.92. The topological polar surface area (TPSA) is 111 Å². The van der Waals surface area contributed by atoms with Gasteiger partial charge in [-0.15, -0.1) is 0 Å². The van der Waals surface area contributed by atoms with Crippen molar-refractivity contribution in [2.45, 2.75) is 0 Å². The van der Waals surface area contributed by atoms with Crippen molar-refractivity contribution in [1.29, 1.82) is 0 Å². The molecule has 0 atom stereocenters. The van der Waals surface area contributed by atoms with Crippen LogP contribution in [0.2, 0.25) is 0 Å². The highest BCUT2D eigenvalue weighted by atomic mass is 16.6. The molecule has 30 heavy (non-hydrogen) atoms. The van der Waals surface area contributed by atoms with Gasteiger partial charge in [0.15, 0.2) is 5.76 Å². The number of rotatable bonds is 6. The predicted molar refractivity (Wildman–Crippen MR) is 111 cm³/mol. The fourth-order valence-corrected chi connectivity index (χ4v) is 2.72. The number of furan rings is 2. The number of anilines is 1. The number of benzene rings is 2. The summed E-state index contributed by atoms with van der Waals surface area (Å²) in [5.74, 6) is 0.915. The highest BCUT2D eigenvalue weighted by Gasteiger charge is 2.10. The molecule has 4 rings (SSSR count). The highest BCUT2D eigenvalue weighted by molar-refractivity contribution is 6.02. The quantitative estimate of drug-likeness (QED) is 0.262. The molecule has 0 bridgehead atoms. The summed E-state index contributed by atoms with van der Waals surface area (Å²) in [5, 5.41) is 13.6. The summed E-state index contributed by atoms with van der Waals surface area (Å²) < 4.78 is 10.8. The smallest absolute Gasteiger partial charge is 0.291 e. The number of amides is 1. The third-order valence-electron chi connectivity index (χ3n) is 4.18. The van der Waals surface area contributed by atoms with Crippen molar-refractivity contribution < 1.29 is 18.6 Å². The molecule has 2 heterocycles. The van der Waals surface area contributed by atoms with Gasteiger partial charge in [-0.05, 0) is 48.5 Å². The molecule has 2 aromatic carbocycles. The van der Waals surface area contributed by atoms with Crippen LogP contribution in [0.25, 0.3) is 11.3 Å². The number of aliphatic imine (C=N–C) groups is 1. The van der Waals surface area contributed by atoms with Gasteiger partial charge >= 0.3 is 0 Å². The summed E-state index contributed by atoms with van der Waals surface area (Å²) in [6, 6.07) is 19.9. The number of hydrogen-bond donors (Lipinski definition) is 1. The summed E-state index contributed by atoms with van der Waals surface area (Å²) in [5.41, 5.74) is 1.89. The van der Waals surface area contributed by atoms with E-state index in [1.165, 1.54) is 18.4 Å². The summed E-state index contributed by atoms with van der Waals surface area (Å²) in [7, 11) is 0. The van der Waals surface area contributed by atoms with Crippen LogP contribution in [-0.2, 0) is 0 Å². The molecule has 0 aliphatic carbocycles. The maximum absolute atomic E-state index is 12.0. The van der Waals surface area contributed by atoms with E-state index in [0.717, 1.165) is 0 Å². The van der Waals surface area contributed by atoms with Gasteiger partial charge in [-0.1, -0.05) is 12.1 Å². The molecule has 2 aromatic heterocycles. The minimum atomic E-state index is -0.449. The van der Waals surface area contributed by atoms with Gasteiger partial charge in [0.2, 0.25) is 0 Å². The Kier molecular flexibility index (Phi) is 5.21. The van der Waals surface area contributed by atoms with E-state index < -0.39 is 4.92 Å². The second kappa shape index (κ2) is 8.27. The van der Waals surface area contributed by atoms with Gasteiger partial charge in [0, 0.05) is 23.4 Å². The van der Waals surface area contributed by atoms with Gasteiger partial charge in [-0.2, -0.15) is 0 Å². The molecule has 0 aliphatic rings. The Morgan fingerprint density at radius 1 is 1.03 bits per heavy atom. The number of nitrogens with zero attached hydrogens (tertiary/aromatic N) is 2. The molecule has 4 aromatic rings. The first kappa shape index (κ1) is 18.9. The van der Waals surface area contributed by atoms with Gasteiger partial charge in [-0.3, -0.25) is 19.9 Å². The second-order valence-corrected chi connectivity index (χ2v) is 6.25. The Balaban J connectivity index is 1.42. The molecule has 8 nitrogen and oxygen atoms in total. The number of nitrogens with one attached hydrogen (secondary N) is 1. The fourth-order valence-electron chi connectivity index (χ4n) is 2.72. The molecule has 0 saturated heterocycles. The molecule has 0 aliphatic heterocycles. The first-order valence-corrected chi connectivity index (χ1v) is 8.92. The molecule has 8 heteroatoms. The fraction of sp³-hybridized carbons (Fsp3) is 0. The number of hydrogen-bond acceptors (Lipinski definition) is 6. The maximum atomic E-state index is 12.0. The van der Waals surface area contributed by atoms with Gasteiger partial charge in [0.1, 0.15) is 11.5 Å². The zero-order valence-corrected chi connectivity index (χ0v) is 15.5. The molecule has 0 spiro atoms. The molecule has 0 fully saturated rings. The number of nitro benzene ring substituents is 1. The number of nitro groups is 1. The molecular weight excluding hydrogens is 386 g/mol. The van der Waals surface area contributed by atoms with Crippen LogP contribution >= 0.6 is 0 Å². The average molecular weight is 401 g/mol. The lowest BCUT2D eigenvalue weighted by Crippen LogP contribution is -2.10. The molecule has 1 N–H and O–H groups in total. The Morgan fingerprint density at radius 2 is 1.87 bits per heavy atom. The van der Waals surface area contributed by atoms with Crippen molar-refractivity contribution in [2.24, 2.45) is 4.99 Å². The molecule has 0 unspecified atom stereocenters. The lowest BCUT2D eigenvalue weighted by atomic mass is 10.1. The van der Waals surface area contributed by atoms with Crippen molar-refractivity contribution >= 4 is 29.2 Å². The van der Waals surface area contributed by atoms with E-state index in [-0.39, 0.29) is 17.4 Å². The SMILES string of the molecule is O=C(Nc1ccc(N=Cc2ccc(-c3cccc([N+](=O)[O-])c3)o2)cc1)c1ccco1. The molecule has 148 valence electrons. The van der Waals surface area contributed by atoms with E-state index in [1.807, 2.05) is 0 Å². The number of carbonyl (C=O) groups is 1. The third-order valence-corrected chi connectivity index (χ3v) is 4.18. The van der Waals surface area contributed by atoms with Crippen LogP contribution in [-0.4, -0.2) is 17.0 Å².